The number of nitrogens with zero attached hydrogens (tertiary/aromatic N) is 3. The summed E-state index contributed by atoms with van der Waals surface area (Å²) in [4.78, 5) is 12.1. The van der Waals surface area contributed by atoms with Crippen LogP contribution >= 0.6 is 0 Å². The van der Waals surface area contributed by atoms with Crippen LogP contribution in [0.5, 0.6) is 0 Å². The topological polar surface area (TPSA) is 69.0 Å². The first-order valence-electron chi connectivity index (χ1n) is 8.46. The van der Waals surface area contributed by atoms with Crippen molar-refractivity contribution in [2.24, 2.45) is 0 Å². The van der Waals surface area contributed by atoms with E-state index in [2.05, 4.69) is 33.9 Å². The average Bonchev–Trinajstić information content (AvgIpc) is 3.14. The zero-order chi connectivity index (χ0) is 15.5. The minimum atomic E-state index is 0.142. The molecule has 1 amide bonds. The minimum absolute atomic E-state index is 0.142. The van der Waals surface area contributed by atoms with Gasteiger partial charge in [0, 0.05) is 38.0 Å². The third-order valence-electron chi connectivity index (χ3n) is 4.57. The Morgan fingerprint density at radius 2 is 2.27 bits per heavy atom. The lowest BCUT2D eigenvalue weighted by Gasteiger charge is -2.26. The monoisotopic (exact) mass is 306 g/mol. The average molecular weight is 306 g/mol. The van der Waals surface area contributed by atoms with Crippen molar-refractivity contribution >= 4 is 5.91 Å². The molecule has 0 unspecified atom stereocenters. The van der Waals surface area contributed by atoms with Crippen molar-refractivity contribution < 1.29 is 9.53 Å². The van der Waals surface area contributed by atoms with Gasteiger partial charge in [0.2, 0.25) is 5.91 Å². The Morgan fingerprint density at radius 1 is 1.41 bits per heavy atom. The van der Waals surface area contributed by atoms with Gasteiger partial charge in [0.1, 0.15) is 11.6 Å². The van der Waals surface area contributed by atoms with E-state index in [1.165, 1.54) is 0 Å². The number of rotatable bonds is 5. The number of aryl methyl sites for hydroxylation is 1. The molecule has 2 aliphatic heterocycles. The molecule has 3 heterocycles. The van der Waals surface area contributed by atoms with Gasteiger partial charge in [-0.15, -0.1) is 10.2 Å². The van der Waals surface area contributed by atoms with Crippen LogP contribution in [-0.2, 0) is 22.5 Å². The number of aromatic nitrogens is 3. The van der Waals surface area contributed by atoms with E-state index in [0.717, 1.165) is 56.9 Å². The van der Waals surface area contributed by atoms with E-state index in [9.17, 15) is 4.79 Å². The first-order chi connectivity index (χ1) is 10.6. The molecule has 1 aromatic rings. The molecule has 0 radical (unpaired) electrons. The molecule has 122 valence electrons. The molecular weight excluding hydrogens is 280 g/mol. The zero-order valence-electron chi connectivity index (χ0n) is 13.5. The zero-order valence-corrected chi connectivity index (χ0v) is 13.5. The molecule has 0 bridgehead atoms. The van der Waals surface area contributed by atoms with Gasteiger partial charge < -0.3 is 14.6 Å². The van der Waals surface area contributed by atoms with Gasteiger partial charge in [-0.3, -0.25) is 4.79 Å². The van der Waals surface area contributed by atoms with Crippen LogP contribution in [0.25, 0.3) is 0 Å². The van der Waals surface area contributed by atoms with Crippen molar-refractivity contribution in [3.63, 3.8) is 0 Å². The summed E-state index contributed by atoms with van der Waals surface area (Å²) in [6.07, 6.45) is 5.75. The number of hydrogen-bond donors (Lipinski definition) is 1. The van der Waals surface area contributed by atoms with Crippen molar-refractivity contribution in [2.75, 3.05) is 6.61 Å². The van der Waals surface area contributed by atoms with E-state index in [4.69, 9.17) is 4.74 Å². The largest absolute Gasteiger partial charge is 0.378 e. The Hall–Kier alpha value is -1.43. The number of amides is 1. The number of nitrogens with one attached hydrogen (secondary N) is 1. The summed E-state index contributed by atoms with van der Waals surface area (Å²) in [6, 6.07) is 0.193. The van der Waals surface area contributed by atoms with Gasteiger partial charge in [0.05, 0.1) is 6.10 Å². The predicted molar refractivity (Wildman–Crippen MR) is 82.6 cm³/mol. The fraction of sp³-hybridized carbons (Fsp3) is 0.812. The van der Waals surface area contributed by atoms with Crippen molar-refractivity contribution in [3.8, 4) is 0 Å². The summed E-state index contributed by atoms with van der Waals surface area (Å²) in [6.45, 7) is 5.90. The summed E-state index contributed by atoms with van der Waals surface area (Å²) in [5.74, 6) is 2.57. The lowest BCUT2D eigenvalue weighted by atomic mass is 10.1. The van der Waals surface area contributed by atoms with Crippen LogP contribution in [0, 0.1) is 0 Å². The lowest BCUT2D eigenvalue weighted by molar-refractivity contribution is -0.122. The van der Waals surface area contributed by atoms with Gasteiger partial charge in [-0.25, -0.2) is 0 Å². The first-order valence-corrected chi connectivity index (χ1v) is 8.46. The van der Waals surface area contributed by atoms with E-state index in [1.54, 1.807) is 0 Å². The quantitative estimate of drug-likeness (QED) is 0.900. The standard InChI is InChI=1S/C16H26N4O2/c1-11(2)16-19-18-14-7-5-12(10-20(14)16)17-15(21)8-6-13-4-3-9-22-13/h11-13H,3-10H2,1-2H3,(H,17,21)/t12-,13+/m1/s1. The van der Waals surface area contributed by atoms with E-state index in [1.807, 2.05) is 0 Å². The fourth-order valence-electron chi connectivity index (χ4n) is 3.36. The van der Waals surface area contributed by atoms with Gasteiger partial charge >= 0.3 is 0 Å². The van der Waals surface area contributed by atoms with E-state index >= 15 is 0 Å². The highest BCUT2D eigenvalue weighted by Gasteiger charge is 2.25. The molecule has 1 saturated heterocycles. The molecular formula is C16H26N4O2. The van der Waals surface area contributed by atoms with Crippen LogP contribution in [0.1, 0.15) is 63.5 Å². The van der Waals surface area contributed by atoms with Crippen LogP contribution in [0.2, 0.25) is 0 Å². The Labute approximate surface area is 131 Å². The highest BCUT2D eigenvalue weighted by molar-refractivity contribution is 5.76. The lowest BCUT2D eigenvalue weighted by Crippen LogP contribution is -2.41. The maximum atomic E-state index is 12.1. The summed E-state index contributed by atoms with van der Waals surface area (Å²) >= 11 is 0. The van der Waals surface area contributed by atoms with E-state index < -0.39 is 0 Å². The van der Waals surface area contributed by atoms with Gasteiger partial charge in [0.25, 0.3) is 0 Å². The van der Waals surface area contributed by atoms with Crippen LogP contribution in [0.3, 0.4) is 0 Å². The maximum absolute atomic E-state index is 12.1. The van der Waals surface area contributed by atoms with Crippen molar-refractivity contribution in [3.05, 3.63) is 11.6 Å². The Bertz CT molecular complexity index is 520. The normalized spacial score (nSPS) is 24.5. The molecule has 0 spiro atoms. The molecule has 1 aromatic heterocycles. The molecule has 22 heavy (non-hydrogen) atoms. The fourth-order valence-corrected chi connectivity index (χ4v) is 3.36. The Balaban J connectivity index is 1.51. The Kier molecular flexibility index (Phi) is 4.76. The van der Waals surface area contributed by atoms with Crippen molar-refractivity contribution in [2.45, 2.75) is 77.0 Å². The number of carbonyl (C=O) groups excluding carboxylic acids is 1. The molecule has 3 rings (SSSR count). The van der Waals surface area contributed by atoms with Crippen LogP contribution < -0.4 is 5.32 Å². The molecule has 2 atom stereocenters. The molecule has 0 aliphatic carbocycles. The smallest absolute Gasteiger partial charge is 0.220 e. The second-order valence-corrected chi connectivity index (χ2v) is 6.72. The molecule has 0 aromatic carbocycles. The van der Waals surface area contributed by atoms with E-state index in [0.29, 0.717) is 12.3 Å². The number of fused-ring (bicyclic) bond motifs is 1. The van der Waals surface area contributed by atoms with Gasteiger partial charge in [-0.05, 0) is 25.7 Å². The van der Waals surface area contributed by atoms with Gasteiger partial charge in [-0.2, -0.15) is 0 Å². The molecule has 2 aliphatic rings. The summed E-state index contributed by atoms with van der Waals surface area (Å²) in [5, 5.41) is 11.7. The molecule has 0 saturated carbocycles. The number of carbonyl (C=O) groups is 1. The SMILES string of the molecule is CC(C)c1nnc2n1C[C@H](NC(=O)CC[C@@H]1CCCO1)CC2. The molecule has 6 nitrogen and oxygen atoms in total. The summed E-state index contributed by atoms with van der Waals surface area (Å²) < 4.78 is 7.75. The van der Waals surface area contributed by atoms with Crippen molar-refractivity contribution in [1.82, 2.24) is 20.1 Å². The van der Waals surface area contributed by atoms with E-state index in [-0.39, 0.29) is 18.1 Å². The van der Waals surface area contributed by atoms with Crippen LogP contribution in [0.4, 0.5) is 0 Å². The third-order valence-corrected chi connectivity index (χ3v) is 4.57. The van der Waals surface area contributed by atoms with Crippen LogP contribution in [0.15, 0.2) is 0 Å². The van der Waals surface area contributed by atoms with Crippen molar-refractivity contribution in [1.29, 1.82) is 0 Å². The third kappa shape index (κ3) is 3.48. The second-order valence-electron chi connectivity index (χ2n) is 6.72. The summed E-state index contributed by atoms with van der Waals surface area (Å²) in [5.41, 5.74) is 0. The minimum Gasteiger partial charge on any atom is -0.378 e. The molecule has 1 N–H and O–H groups in total. The maximum Gasteiger partial charge on any atom is 0.220 e. The highest BCUT2D eigenvalue weighted by atomic mass is 16.5. The number of ether oxygens (including phenoxy) is 1. The van der Waals surface area contributed by atoms with Crippen LogP contribution in [-0.4, -0.2) is 39.4 Å². The Morgan fingerprint density at radius 3 is 3.00 bits per heavy atom. The number of hydrogen-bond acceptors (Lipinski definition) is 4. The first kappa shape index (κ1) is 15.5. The van der Waals surface area contributed by atoms with Gasteiger partial charge in [0.15, 0.2) is 0 Å². The highest BCUT2D eigenvalue weighted by Crippen LogP contribution is 2.20. The molecule has 6 heteroatoms. The van der Waals surface area contributed by atoms with Gasteiger partial charge in [-0.1, -0.05) is 13.8 Å². The second kappa shape index (κ2) is 6.77. The summed E-state index contributed by atoms with van der Waals surface area (Å²) in [7, 11) is 0. The molecule has 1 fully saturated rings. The predicted octanol–water partition coefficient (Wildman–Crippen LogP) is 1.79.